The van der Waals surface area contributed by atoms with Gasteiger partial charge in [-0.25, -0.2) is 0 Å². The van der Waals surface area contributed by atoms with Gasteiger partial charge in [0.25, 0.3) is 0 Å². The summed E-state index contributed by atoms with van der Waals surface area (Å²) in [7, 11) is 0. The third kappa shape index (κ3) is 3.90. The lowest BCUT2D eigenvalue weighted by Crippen LogP contribution is -1.98. The molecule has 1 saturated carbocycles. The zero-order valence-corrected chi connectivity index (χ0v) is 9.64. The molecule has 3 unspecified atom stereocenters. The number of hydrogen-bond acceptors (Lipinski definition) is 1. The Bertz CT molecular complexity index is 115. The molecule has 3 heteroatoms. The molecule has 0 aromatic heterocycles. The summed E-state index contributed by atoms with van der Waals surface area (Å²) in [5, 5.41) is 10.1. The molecule has 1 N–H and O–H groups in total. The van der Waals surface area contributed by atoms with E-state index in [2.05, 4.69) is 31.9 Å². The minimum Gasteiger partial charge on any atom is -0.393 e. The SMILES string of the molecule is OC1CC1CCCC(Br)CBr. The van der Waals surface area contributed by atoms with E-state index in [1.54, 1.807) is 0 Å². The predicted molar refractivity (Wildman–Crippen MR) is 54.5 cm³/mol. The van der Waals surface area contributed by atoms with E-state index in [0.29, 0.717) is 10.7 Å². The number of rotatable bonds is 5. The van der Waals surface area contributed by atoms with Gasteiger partial charge in [0.1, 0.15) is 0 Å². The van der Waals surface area contributed by atoms with E-state index in [1.807, 2.05) is 0 Å². The summed E-state index contributed by atoms with van der Waals surface area (Å²) in [6, 6.07) is 0. The molecule has 0 spiro atoms. The molecule has 0 aliphatic heterocycles. The Morgan fingerprint density at radius 3 is 2.64 bits per heavy atom. The molecule has 3 atom stereocenters. The minimum atomic E-state index is 0.0349. The van der Waals surface area contributed by atoms with Gasteiger partial charge in [-0.3, -0.25) is 0 Å². The molecule has 0 bridgehead atoms. The van der Waals surface area contributed by atoms with E-state index >= 15 is 0 Å². The van der Waals surface area contributed by atoms with Gasteiger partial charge >= 0.3 is 0 Å². The summed E-state index contributed by atoms with van der Waals surface area (Å²) in [5.41, 5.74) is 0. The van der Waals surface area contributed by atoms with Crippen molar-refractivity contribution >= 4 is 31.9 Å². The summed E-state index contributed by atoms with van der Waals surface area (Å²) in [4.78, 5) is 0.610. The highest BCUT2D eigenvalue weighted by Crippen LogP contribution is 2.35. The molecular weight excluding hydrogens is 272 g/mol. The molecular formula is C8H14Br2O. The third-order valence-corrected chi connectivity index (χ3v) is 4.58. The third-order valence-electron chi connectivity index (χ3n) is 2.14. The highest BCUT2D eigenvalue weighted by Gasteiger charge is 2.33. The molecule has 0 saturated heterocycles. The fourth-order valence-electron chi connectivity index (χ4n) is 1.22. The lowest BCUT2D eigenvalue weighted by Gasteiger charge is -2.03. The maximum Gasteiger partial charge on any atom is 0.0573 e. The van der Waals surface area contributed by atoms with Crippen LogP contribution in [0.25, 0.3) is 0 Å². The van der Waals surface area contributed by atoms with Crippen LogP contribution in [-0.2, 0) is 0 Å². The number of halogens is 2. The van der Waals surface area contributed by atoms with E-state index in [4.69, 9.17) is 5.11 Å². The van der Waals surface area contributed by atoms with Crippen molar-refractivity contribution in [1.29, 1.82) is 0 Å². The van der Waals surface area contributed by atoms with E-state index in [9.17, 15) is 0 Å². The quantitative estimate of drug-likeness (QED) is 0.770. The van der Waals surface area contributed by atoms with Crippen molar-refractivity contribution in [2.75, 3.05) is 5.33 Å². The van der Waals surface area contributed by atoms with Gasteiger partial charge in [0, 0.05) is 10.2 Å². The molecule has 0 radical (unpaired) electrons. The van der Waals surface area contributed by atoms with Crippen molar-refractivity contribution in [3.63, 3.8) is 0 Å². The number of alkyl halides is 2. The number of hydrogen-bond donors (Lipinski definition) is 1. The summed E-state index contributed by atoms with van der Waals surface area (Å²) in [5.74, 6) is 0.630. The second-order valence-corrected chi connectivity index (χ2v) is 5.19. The number of aliphatic hydroxyl groups is 1. The van der Waals surface area contributed by atoms with Crippen LogP contribution in [-0.4, -0.2) is 21.4 Å². The topological polar surface area (TPSA) is 20.2 Å². The second-order valence-electron chi connectivity index (χ2n) is 3.25. The first kappa shape index (κ1) is 10.0. The molecule has 1 rings (SSSR count). The fraction of sp³-hybridized carbons (Fsp3) is 1.00. The molecule has 1 fully saturated rings. The summed E-state index contributed by atoms with van der Waals surface area (Å²) >= 11 is 6.97. The molecule has 11 heavy (non-hydrogen) atoms. The average molecular weight is 286 g/mol. The lowest BCUT2D eigenvalue weighted by atomic mass is 10.1. The van der Waals surface area contributed by atoms with Crippen LogP contribution in [0.1, 0.15) is 25.7 Å². The second kappa shape index (κ2) is 4.83. The van der Waals surface area contributed by atoms with Gasteiger partial charge < -0.3 is 5.11 Å². The summed E-state index contributed by atoms with van der Waals surface area (Å²) < 4.78 is 0. The van der Waals surface area contributed by atoms with Crippen molar-refractivity contribution < 1.29 is 5.11 Å². The molecule has 1 aliphatic carbocycles. The van der Waals surface area contributed by atoms with Gasteiger partial charge in [0.15, 0.2) is 0 Å². The Labute approximate surface area is 84.8 Å². The molecule has 0 aromatic rings. The zero-order chi connectivity index (χ0) is 8.27. The van der Waals surface area contributed by atoms with Crippen LogP contribution in [0.3, 0.4) is 0 Å². The standard InChI is InChI=1S/C8H14Br2O/c9-5-7(10)3-1-2-6-4-8(6)11/h6-8,11H,1-5H2. The first-order chi connectivity index (χ1) is 5.24. The Hall–Kier alpha value is 0.920. The van der Waals surface area contributed by atoms with Crippen molar-refractivity contribution in [3.05, 3.63) is 0 Å². The predicted octanol–water partition coefficient (Wildman–Crippen LogP) is 2.70. The van der Waals surface area contributed by atoms with Crippen molar-refractivity contribution in [3.8, 4) is 0 Å². The van der Waals surface area contributed by atoms with E-state index in [-0.39, 0.29) is 6.10 Å². The largest absolute Gasteiger partial charge is 0.393 e. The van der Waals surface area contributed by atoms with E-state index in [1.165, 1.54) is 19.3 Å². The maximum absolute atomic E-state index is 9.03. The van der Waals surface area contributed by atoms with Gasteiger partial charge in [0.2, 0.25) is 0 Å². The van der Waals surface area contributed by atoms with Crippen LogP contribution in [0, 0.1) is 5.92 Å². The Morgan fingerprint density at radius 1 is 1.55 bits per heavy atom. The smallest absolute Gasteiger partial charge is 0.0573 e. The zero-order valence-electron chi connectivity index (χ0n) is 6.47. The Morgan fingerprint density at radius 2 is 2.18 bits per heavy atom. The molecule has 1 aliphatic rings. The van der Waals surface area contributed by atoms with Gasteiger partial charge in [-0.15, -0.1) is 0 Å². The lowest BCUT2D eigenvalue weighted by molar-refractivity contribution is 0.255. The highest BCUT2D eigenvalue weighted by molar-refractivity contribution is 9.12. The van der Waals surface area contributed by atoms with E-state index in [0.717, 1.165) is 11.8 Å². The van der Waals surface area contributed by atoms with Crippen LogP contribution in [0.4, 0.5) is 0 Å². The van der Waals surface area contributed by atoms with Crippen LogP contribution in [0.2, 0.25) is 0 Å². The maximum atomic E-state index is 9.03. The first-order valence-corrected chi connectivity index (χ1v) is 6.16. The molecule has 0 heterocycles. The van der Waals surface area contributed by atoms with Crippen molar-refractivity contribution in [2.45, 2.75) is 36.6 Å². The number of aliphatic hydroxyl groups excluding tert-OH is 1. The average Bonchev–Trinajstić information content (AvgIpc) is 2.66. The van der Waals surface area contributed by atoms with Crippen molar-refractivity contribution in [2.24, 2.45) is 5.92 Å². The van der Waals surface area contributed by atoms with Gasteiger partial charge in [-0.05, 0) is 25.2 Å². The monoisotopic (exact) mass is 284 g/mol. The van der Waals surface area contributed by atoms with Crippen LogP contribution in [0.15, 0.2) is 0 Å². The highest BCUT2D eigenvalue weighted by atomic mass is 79.9. The minimum absolute atomic E-state index is 0.0349. The van der Waals surface area contributed by atoms with Gasteiger partial charge in [-0.2, -0.15) is 0 Å². The molecule has 1 nitrogen and oxygen atoms in total. The van der Waals surface area contributed by atoms with Gasteiger partial charge in [0.05, 0.1) is 6.10 Å². The van der Waals surface area contributed by atoms with Crippen LogP contribution < -0.4 is 0 Å². The van der Waals surface area contributed by atoms with Crippen molar-refractivity contribution in [1.82, 2.24) is 0 Å². The van der Waals surface area contributed by atoms with E-state index < -0.39 is 0 Å². The summed E-state index contributed by atoms with van der Waals surface area (Å²) in [6.45, 7) is 0. The molecule has 66 valence electrons. The summed E-state index contributed by atoms with van der Waals surface area (Å²) in [6.07, 6.45) is 4.74. The Kier molecular flexibility index (Phi) is 4.39. The fourth-order valence-corrected chi connectivity index (χ4v) is 1.87. The van der Waals surface area contributed by atoms with Gasteiger partial charge in [-0.1, -0.05) is 38.3 Å². The van der Waals surface area contributed by atoms with Crippen LogP contribution in [0.5, 0.6) is 0 Å². The molecule has 0 aromatic carbocycles. The first-order valence-electron chi connectivity index (χ1n) is 4.12. The van der Waals surface area contributed by atoms with Crippen LogP contribution >= 0.6 is 31.9 Å². The molecule has 0 amide bonds. The normalized spacial score (nSPS) is 31.9. The Balaban J connectivity index is 1.88.